The molecule has 178 valence electrons. The molecular formula is C23H27BrClN3O4S. The molecule has 0 spiro atoms. The van der Waals surface area contributed by atoms with Gasteiger partial charge in [-0.2, -0.15) is 0 Å². The van der Waals surface area contributed by atoms with Gasteiger partial charge in [-0.15, -0.1) is 12.4 Å². The molecule has 2 heterocycles. The monoisotopic (exact) mass is 555 g/mol. The molecule has 1 saturated heterocycles. The number of rotatable bonds is 9. The Kier molecular flexibility index (Phi) is 9.76. The molecule has 0 radical (unpaired) electrons. The lowest BCUT2D eigenvalue weighted by Gasteiger charge is -2.27. The summed E-state index contributed by atoms with van der Waals surface area (Å²) in [5.74, 6) is 1.02. The highest BCUT2D eigenvalue weighted by molar-refractivity contribution is 9.10. The summed E-state index contributed by atoms with van der Waals surface area (Å²) in [6.07, 6.45) is 0.847. The summed E-state index contributed by atoms with van der Waals surface area (Å²) in [6.45, 7) is 4.80. The van der Waals surface area contributed by atoms with Crippen LogP contribution < -0.4 is 14.4 Å². The van der Waals surface area contributed by atoms with E-state index in [9.17, 15) is 4.79 Å². The van der Waals surface area contributed by atoms with Crippen molar-refractivity contribution in [2.24, 2.45) is 0 Å². The van der Waals surface area contributed by atoms with Crippen molar-refractivity contribution < 1.29 is 19.0 Å². The van der Waals surface area contributed by atoms with Crippen molar-refractivity contribution in [3.63, 3.8) is 0 Å². The van der Waals surface area contributed by atoms with Crippen molar-refractivity contribution in [3.8, 4) is 11.5 Å². The summed E-state index contributed by atoms with van der Waals surface area (Å²) in [4.78, 5) is 22.1. The van der Waals surface area contributed by atoms with E-state index in [1.54, 1.807) is 18.1 Å². The number of fused-ring (bicyclic) bond motifs is 1. The molecule has 0 unspecified atom stereocenters. The third kappa shape index (κ3) is 6.80. The Balaban J connectivity index is 0.00000306. The number of anilines is 1. The molecule has 1 aromatic heterocycles. The van der Waals surface area contributed by atoms with Crippen molar-refractivity contribution in [3.05, 3.63) is 46.9 Å². The zero-order valence-electron chi connectivity index (χ0n) is 18.4. The quantitative estimate of drug-likeness (QED) is 0.383. The Morgan fingerprint density at radius 3 is 2.73 bits per heavy atom. The summed E-state index contributed by atoms with van der Waals surface area (Å²) in [7, 11) is 1.58. The zero-order valence-corrected chi connectivity index (χ0v) is 21.6. The summed E-state index contributed by atoms with van der Waals surface area (Å²) < 4.78 is 18.6. The molecule has 1 aliphatic heterocycles. The fourth-order valence-electron chi connectivity index (χ4n) is 3.56. The van der Waals surface area contributed by atoms with E-state index in [1.165, 1.54) is 11.3 Å². The molecular weight excluding hydrogens is 530 g/mol. The summed E-state index contributed by atoms with van der Waals surface area (Å²) in [5.41, 5.74) is 0.879. The maximum atomic E-state index is 13.2. The minimum atomic E-state index is -0.129. The van der Waals surface area contributed by atoms with E-state index in [0.29, 0.717) is 23.2 Å². The van der Waals surface area contributed by atoms with Gasteiger partial charge in [0.2, 0.25) is 0 Å². The largest absolute Gasteiger partial charge is 0.493 e. The molecule has 10 heteroatoms. The Bertz CT molecular complexity index is 1060. The van der Waals surface area contributed by atoms with Crippen molar-refractivity contribution in [1.82, 2.24) is 9.88 Å². The van der Waals surface area contributed by atoms with E-state index in [0.717, 1.165) is 54.0 Å². The Morgan fingerprint density at radius 1 is 1.21 bits per heavy atom. The highest BCUT2D eigenvalue weighted by atomic mass is 79.9. The van der Waals surface area contributed by atoms with Gasteiger partial charge in [0, 0.05) is 30.7 Å². The second kappa shape index (κ2) is 12.5. The SMILES string of the molecule is COc1ccccc1OCC(=O)N(CCCN1CCOCC1)c1nc2ccc(Br)cc2s1.Cl. The normalized spacial score (nSPS) is 14.0. The van der Waals surface area contributed by atoms with Gasteiger partial charge < -0.3 is 14.2 Å². The van der Waals surface area contributed by atoms with Gasteiger partial charge in [0.1, 0.15) is 0 Å². The van der Waals surface area contributed by atoms with Crippen LogP contribution in [-0.2, 0) is 9.53 Å². The number of hydrogen-bond acceptors (Lipinski definition) is 7. The average Bonchev–Trinajstić information content (AvgIpc) is 3.23. The second-order valence-corrected chi connectivity index (χ2v) is 9.33. The molecule has 2 aromatic carbocycles. The van der Waals surface area contributed by atoms with Crippen molar-refractivity contribution >= 4 is 60.9 Å². The highest BCUT2D eigenvalue weighted by Gasteiger charge is 2.21. The highest BCUT2D eigenvalue weighted by Crippen LogP contribution is 2.31. The van der Waals surface area contributed by atoms with Crippen molar-refractivity contribution in [2.45, 2.75) is 6.42 Å². The van der Waals surface area contributed by atoms with Crippen LogP contribution in [0.2, 0.25) is 0 Å². The number of carbonyl (C=O) groups is 1. The van der Waals surface area contributed by atoms with Gasteiger partial charge >= 0.3 is 0 Å². The van der Waals surface area contributed by atoms with E-state index < -0.39 is 0 Å². The van der Waals surface area contributed by atoms with E-state index in [2.05, 4.69) is 20.8 Å². The Hall–Kier alpha value is -1.91. The lowest BCUT2D eigenvalue weighted by molar-refractivity contribution is -0.120. The van der Waals surface area contributed by atoms with E-state index >= 15 is 0 Å². The first-order valence-corrected chi connectivity index (χ1v) is 12.2. The molecule has 0 aliphatic carbocycles. The third-order valence-corrected chi connectivity index (χ3v) is 6.79. The number of nitrogens with zero attached hydrogens (tertiary/aromatic N) is 3. The molecule has 1 amide bonds. The van der Waals surface area contributed by atoms with E-state index in [1.807, 2.05) is 36.4 Å². The smallest absolute Gasteiger partial charge is 0.266 e. The van der Waals surface area contributed by atoms with Gasteiger partial charge in [-0.05, 0) is 36.8 Å². The number of thiazole rings is 1. The van der Waals surface area contributed by atoms with Crippen LogP contribution in [0.15, 0.2) is 46.9 Å². The van der Waals surface area contributed by atoms with E-state index in [4.69, 9.17) is 19.2 Å². The number of hydrogen-bond donors (Lipinski definition) is 0. The van der Waals surface area contributed by atoms with Gasteiger partial charge in [-0.3, -0.25) is 14.6 Å². The first-order valence-electron chi connectivity index (χ1n) is 10.6. The predicted molar refractivity (Wildman–Crippen MR) is 137 cm³/mol. The molecule has 1 fully saturated rings. The summed E-state index contributed by atoms with van der Waals surface area (Å²) in [6, 6.07) is 13.3. The predicted octanol–water partition coefficient (Wildman–Crippen LogP) is 4.62. The number of para-hydroxylation sites is 2. The number of halogens is 2. The maximum Gasteiger partial charge on any atom is 0.266 e. The maximum absolute atomic E-state index is 13.2. The van der Waals surface area contributed by atoms with Crippen molar-refractivity contribution in [1.29, 1.82) is 0 Å². The second-order valence-electron chi connectivity index (χ2n) is 7.40. The Labute approximate surface area is 212 Å². The molecule has 0 bridgehead atoms. The number of methoxy groups -OCH3 is 1. The average molecular weight is 557 g/mol. The number of morpholine rings is 1. The van der Waals surface area contributed by atoms with Crippen LogP contribution in [0.5, 0.6) is 11.5 Å². The molecule has 4 rings (SSSR count). The standard InChI is InChI=1S/C23H26BrN3O4S.ClH/c1-29-19-5-2-3-6-20(19)31-16-22(28)27(10-4-9-26-11-13-30-14-12-26)23-25-18-8-7-17(24)15-21(18)32-23;/h2-3,5-8,15H,4,9-14,16H2,1H3;1H. The van der Waals surface area contributed by atoms with Gasteiger partial charge in [0.15, 0.2) is 23.2 Å². The van der Waals surface area contributed by atoms with Crippen LogP contribution in [0.1, 0.15) is 6.42 Å². The molecule has 3 aromatic rings. The molecule has 0 N–H and O–H groups in total. The fourth-order valence-corrected chi connectivity index (χ4v) is 5.12. The van der Waals surface area contributed by atoms with Crippen LogP contribution in [0, 0.1) is 0 Å². The number of ether oxygens (including phenoxy) is 3. The lowest BCUT2D eigenvalue weighted by atomic mass is 10.3. The summed E-state index contributed by atoms with van der Waals surface area (Å²) >= 11 is 5.02. The van der Waals surface area contributed by atoms with Gasteiger partial charge in [0.05, 0.1) is 30.5 Å². The van der Waals surface area contributed by atoms with Crippen LogP contribution in [-0.4, -0.2) is 68.9 Å². The molecule has 7 nitrogen and oxygen atoms in total. The lowest BCUT2D eigenvalue weighted by Crippen LogP contribution is -2.40. The topological polar surface area (TPSA) is 64.1 Å². The van der Waals surface area contributed by atoms with Crippen LogP contribution in [0.25, 0.3) is 10.2 Å². The summed E-state index contributed by atoms with van der Waals surface area (Å²) in [5, 5.41) is 0.689. The number of carbonyl (C=O) groups excluding carboxylic acids is 1. The van der Waals surface area contributed by atoms with Crippen LogP contribution >= 0.6 is 39.7 Å². The number of benzene rings is 2. The van der Waals surface area contributed by atoms with Crippen LogP contribution in [0.3, 0.4) is 0 Å². The van der Waals surface area contributed by atoms with Gasteiger partial charge in [-0.25, -0.2) is 4.98 Å². The first-order chi connectivity index (χ1) is 15.6. The van der Waals surface area contributed by atoms with Crippen molar-refractivity contribution in [2.75, 3.05) is 58.0 Å². The first kappa shape index (κ1) is 25.7. The van der Waals surface area contributed by atoms with E-state index in [-0.39, 0.29) is 24.9 Å². The zero-order chi connectivity index (χ0) is 22.3. The number of amides is 1. The van der Waals surface area contributed by atoms with Gasteiger partial charge in [0.25, 0.3) is 5.91 Å². The molecule has 33 heavy (non-hydrogen) atoms. The third-order valence-electron chi connectivity index (χ3n) is 5.25. The molecule has 0 atom stereocenters. The molecule has 1 aliphatic rings. The van der Waals surface area contributed by atoms with Crippen LogP contribution in [0.4, 0.5) is 5.13 Å². The number of aromatic nitrogens is 1. The fraction of sp³-hybridized carbons (Fsp3) is 0.391. The Morgan fingerprint density at radius 2 is 1.97 bits per heavy atom. The minimum absolute atomic E-state index is 0. The minimum Gasteiger partial charge on any atom is -0.493 e. The van der Waals surface area contributed by atoms with Gasteiger partial charge in [-0.1, -0.05) is 39.4 Å². The molecule has 0 saturated carbocycles.